The number of methoxy groups -OCH3 is 2. The van der Waals surface area contributed by atoms with E-state index in [0.29, 0.717) is 31.7 Å². The monoisotopic (exact) mass is 320 g/mol. The molecule has 1 aromatic rings. The highest BCUT2D eigenvalue weighted by Gasteiger charge is 2.41. The highest BCUT2D eigenvalue weighted by molar-refractivity contribution is 5.85. The van der Waals surface area contributed by atoms with Gasteiger partial charge in [-0.05, 0) is 12.5 Å². The molecule has 1 fully saturated rings. The first-order chi connectivity index (χ1) is 11.1. The Hall–Kier alpha value is -2.08. The van der Waals surface area contributed by atoms with Gasteiger partial charge >= 0.3 is 0 Å². The topological polar surface area (TPSA) is 67.9 Å². The van der Waals surface area contributed by atoms with Gasteiger partial charge < -0.3 is 19.7 Å². The Bertz CT molecular complexity index is 561. The van der Waals surface area contributed by atoms with E-state index in [2.05, 4.69) is 5.32 Å². The van der Waals surface area contributed by atoms with Crippen LogP contribution in [0.25, 0.3) is 0 Å². The van der Waals surface area contributed by atoms with Crippen molar-refractivity contribution in [1.29, 1.82) is 0 Å². The zero-order valence-corrected chi connectivity index (χ0v) is 13.9. The van der Waals surface area contributed by atoms with Gasteiger partial charge in [0, 0.05) is 32.7 Å². The summed E-state index contributed by atoms with van der Waals surface area (Å²) in [7, 11) is 4.82. The van der Waals surface area contributed by atoms with Crippen molar-refractivity contribution >= 4 is 11.8 Å². The lowest BCUT2D eigenvalue weighted by atomic mass is 9.83. The first-order valence-corrected chi connectivity index (χ1v) is 7.77. The van der Waals surface area contributed by atoms with Crippen molar-refractivity contribution in [2.24, 2.45) is 5.92 Å². The van der Waals surface area contributed by atoms with E-state index in [1.54, 1.807) is 26.2 Å². The van der Waals surface area contributed by atoms with Gasteiger partial charge in [-0.1, -0.05) is 18.2 Å². The number of para-hydroxylation sites is 1. The standard InChI is InChI=1S/C17H24N2O4/c1-18-17(21)13-8-9-15(20)19(10-11-22-2)16(13)12-6-4-5-7-14(12)23-3/h4-7,13,16H,8-11H2,1-3H3,(H,18,21)/t13-,16+/m1/s1. The van der Waals surface area contributed by atoms with Gasteiger partial charge in [0.15, 0.2) is 0 Å². The molecule has 1 N–H and O–H groups in total. The van der Waals surface area contributed by atoms with Crippen LogP contribution in [-0.2, 0) is 14.3 Å². The number of carbonyl (C=O) groups excluding carboxylic acids is 2. The van der Waals surface area contributed by atoms with Crippen molar-refractivity contribution in [2.75, 3.05) is 34.4 Å². The molecule has 6 heteroatoms. The number of ether oxygens (including phenoxy) is 2. The largest absolute Gasteiger partial charge is 0.496 e. The van der Waals surface area contributed by atoms with Crippen LogP contribution < -0.4 is 10.1 Å². The minimum absolute atomic E-state index is 0.0399. The van der Waals surface area contributed by atoms with Crippen LogP contribution in [0.4, 0.5) is 0 Å². The van der Waals surface area contributed by atoms with E-state index >= 15 is 0 Å². The lowest BCUT2D eigenvalue weighted by molar-refractivity contribution is -0.144. The first kappa shape index (κ1) is 17.3. The maximum atomic E-state index is 12.4. The maximum absolute atomic E-state index is 12.4. The van der Waals surface area contributed by atoms with Gasteiger partial charge in [-0.2, -0.15) is 0 Å². The minimum Gasteiger partial charge on any atom is -0.496 e. The fraction of sp³-hybridized carbons (Fsp3) is 0.529. The minimum atomic E-state index is -0.345. The van der Waals surface area contributed by atoms with Gasteiger partial charge in [0.25, 0.3) is 0 Å². The summed E-state index contributed by atoms with van der Waals surface area (Å²) in [6, 6.07) is 7.19. The third-order valence-electron chi connectivity index (χ3n) is 4.28. The number of hydrogen-bond acceptors (Lipinski definition) is 4. The van der Waals surface area contributed by atoms with E-state index in [-0.39, 0.29) is 23.8 Å². The number of nitrogens with zero attached hydrogens (tertiary/aromatic N) is 1. The lowest BCUT2D eigenvalue weighted by Crippen LogP contribution is -2.48. The molecule has 23 heavy (non-hydrogen) atoms. The number of carbonyl (C=O) groups is 2. The molecule has 1 aromatic carbocycles. The molecular weight excluding hydrogens is 296 g/mol. The lowest BCUT2D eigenvalue weighted by Gasteiger charge is -2.41. The Morgan fingerprint density at radius 1 is 1.35 bits per heavy atom. The quantitative estimate of drug-likeness (QED) is 0.859. The second-order valence-electron chi connectivity index (χ2n) is 5.53. The van der Waals surface area contributed by atoms with E-state index in [9.17, 15) is 9.59 Å². The molecule has 2 amide bonds. The van der Waals surface area contributed by atoms with Crippen LogP contribution in [-0.4, -0.2) is 51.1 Å². The van der Waals surface area contributed by atoms with Crippen molar-refractivity contribution in [3.63, 3.8) is 0 Å². The predicted octanol–water partition coefficient (Wildman–Crippen LogP) is 1.37. The van der Waals surface area contributed by atoms with Gasteiger partial charge in [0.1, 0.15) is 5.75 Å². The number of amides is 2. The third kappa shape index (κ3) is 3.64. The Morgan fingerprint density at radius 3 is 2.74 bits per heavy atom. The first-order valence-electron chi connectivity index (χ1n) is 7.77. The number of rotatable bonds is 6. The van der Waals surface area contributed by atoms with E-state index in [4.69, 9.17) is 9.47 Å². The molecule has 0 spiro atoms. The smallest absolute Gasteiger partial charge is 0.225 e. The summed E-state index contributed by atoms with van der Waals surface area (Å²) in [4.78, 5) is 26.5. The fourth-order valence-corrected chi connectivity index (χ4v) is 3.16. The van der Waals surface area contributed by atoms with Crippen LogP contribution in [0.3, 0.4) is 0 Å². The number of hydrogen-bond donors (Lipinski definition) is 1. The zero-order valence-electron chi connectivity index (χ0n) is 13.9. The van der Waals surface area contributed by atoms with E-state index < -0.39 is 0 Å². The summed E-state index contributed by atoms with van der Waals surface area (Å²) >= 11 is 0. The van der Waals surface area contributed by atoms with Crippen molar-refractivity contribution in [2.45, 2.75) is 18.9 Å². The number of benzene rings is 1. The average Bonchev–Trinajstić information content (AvgIpc) is 2.59. The molecule has 126 valence electrons. The van der Waals surface area contributed by atoms with Crippen LogP contribution >= 0.6 is 0 Å². The highest BCUT2D eigenvalue weighted by Crippen LogP contribution is 2.40. The van der Waals surface area contributed by atoms with Gasteiger partial charge in [0.2, 0.25) is 11.8 Å². The summed E-state index contributed by atoms with van der Waals surface area (Å²) in [5.41, 5.74) is 0.854. The van der Waals surface area contributed by atoms with Crippen molar-refractivity contribution in [1.82, 2.24) is 10.2 Å². The van der Waals surface area contributed by atoms with Crippen molar-refractivity contribution in [3.05, 3.63) is 29.8 Å². The van der Waals surface area contributed by atoms with Gasteiger partial charge in [-0.15, -0.1) is 0 Å². The maximum Gasteiger partial charge on any atom is 0.225 e. The van der Waals surface area contributed by atoms with E-state index in [1.807, 2.05) is 24.3 Å². The molecule has 0 unspecified atom stereocenters. The average molecular weight is 320 g/mol. The van der Waals surface area contributed by atoms with Gasteiger partial charge in [-0.25, -0.2) is 0 Å². The van der Waals surface area contributed by atoms with Crippen molar-refractivity contribution in [3.8, 4) is 5.75 Å². The normalized spacial score (nSPS) is 21.2. The van der Waals surface area contributed by atoms with Crippen LogP contribution in [0, 0.1) is 5.92 Å². The fourth-order valence-electron chi connectivity index (χ4n) is 3.16. The molecule has 1 heterocycles. The number of likely N-dealkylation sites (tertiary alicyclic amines) is 1. The molecule has 0 aromatic heterocycles. The molecule has 0 bridgehead atoms. The Morgan fingerprint density at radius 2 is 2.09 bits per heavy atom. The molecular formula is C17H24N2O4. The van der Waals surface area contributed by atoms with E-state index in [1.165, 1.54) is 0 Å². The van der Waals surface area contributed by atoms with Crippen LogP contribution in [0.15, 0.2) is 24.3 Å². The zero-order chi connectivity index (χ0) is 16.8. The van der Waals surface area contributed by atoms with Crippen LogP contribution in [0.1, 0.15) is 24.4 Å². The SMILES string of the molecule is CNC(=O)[C@@H]1CCC(=O)N(CCOC)[C@H]1c1ccccc1OC. The predicted molar refractivity (Wildman–Crippen MR) is 86.1 cm³/mol. The molecule has 0 saturated carbocycles. The summed E-state index contributed by atoms with van der Waals surface area (Å²) in [5.74, 6) is 0.364. The summed E-state index contributed by atoms with van der Waals surface area (Å²) in [6.45, 7) is 0.878. The Kier molecular flexibility index (Phi) is 5.98. The Labute approximate surface area is 136 Å². The second kappa shape index (κ2) is 7.97. The summed E-state index contributed by atoms with van der Waals surface area (Å²) < 4.78 is 10.6. The Balaban J connectivity index is 2.45. The number of piperidine rings is 1. The molecule has 0 aliphatic carbocycles. The van der Waals surface area contributed by atoms with Crippen LogP contribution in [0.5, 0.6) is 5.75 Å². The molecule has 6 nitrogen and oxygen atoms in total. The van der Waals surface area contributed by atoms with Crippen LogP contribution in [0.2, 0.25) is 0 Å². The molecule has 2 rings (SSSR count). The summed E-state index contributed by atoms with van der Waals surface area (Å²) in [5, 5.41) is 2.71. The molecule has 1 aliphatic heterocycles. The second-order valence-corrected chi connectivity index (χ2v) is 5.53. The number of nitrogens with one attached hydrogen (secondary N) is 1. The molecule has 1 aliphatic rings. The van der Waals surface area contributed by atoms with Crippen molar-refractivity contribution < 1.29 is 19.1 Å². The van der Waals surface area contributed by atoms with E-state index in [0.717, 1.165) is 5.56 Å². The summed E-state index contributed by atoms with van der Waals surface area (Å²) in [6.07, 6.45) is 0.901. The molecule has 2 atom stereocenters. The third-order valence-corrected chi connectivity index (χ3v) is 4.28. The van der Waals surface area contributed by atoms with Gasteiger partial charge in [0.05, 0.1) is 25.7 Å². The molecule has 0 radical (unpaired) electrons. The molecule has 1 saturated heterocycles. The highest BCUT2D eigenvalue weighted by atomic mass is 16.5. The van der Waals surface area contributed by atoms with Gasteiger partial charge in [-0.3, -0.25) is 9.59 Å².